The summed E-state index contributed by atoms with van der Waals surface area (Å²) < 4.78 is 0. The first kappa shape index (κ1) is 16.3. The van der Waals surface area contributed by atoms with Crippen molar-refractivity contribution in [3.63, 3.8) is 0 Å². The summed E-state index contributed by atoms with van der Waals surface area (Å²) in [4.78, 5) is 2.76. The normalized spacial score (nSPS) is 35.0. The highest BCUT2D eigenvalue weighted by Gasteiger charge is 2.36. The van der Waals surface area contributed by atoms with E-state index in [-0.39, 0.29) is 0 Å². The van der Waals surface area contributed by atoms with E-state index in [2.05, 4.69) is 44.8 Å². The van der Waals surface area contributed by atoms with E-state index in [1.165, 1.54) is 38.8 Å². The van der Waals surface area contributed by atoms with Crippen molar-refractivity contribution < 1.29 is 0 Å². The van der Waals surface area contributed by atoms with Crippen LogP contribution in [0.15, 0.2) is 0 Å². The van der Waals surface area contributed by atoms with Gasteiger partial charge in [0.05, 0.1) is 0 Å². The molecule has 2 nitrogen and oxygen atoms in total. The number of nitrogens with one attached hydrogen (secondary N) is 1. The van der Waals surface area contributed by atoms with Gasteiger partial charge in [-0.25, -0.2) is 0 Å². The first-order chi connectivity index (χ1) is 9.51. The lowest BCUT2D eigenvalue weighted by Gasteiger charge is -2.43. The summed E-state index contributed by atoms with van der Waals surface area (Å²) in [5.41, 5.74) is 0. The van der Waals surface area contributed by atoms with Crippen LogP contribution in [0.5, 0.6) is 0 Å². The molecule has 0 amide bonds. The molecule has 2 rings (SSSR count). The Morgan fingerprint density at radius 3 is 2.35 bits per heavy atom. The summed E-state index contributed by atoms with van der Waals surface area (Å²) in [6, 6.07) is 1.43. The standard InChI is InChI=1S/C18H36N2/c1-6-19-18-10-14(4)9-15(5)17(18)12-20(13(2)3)11-16-7-8-16/h13-19H,6-12H2,1-5H3. The Morgan fingerprint density at radius 1 is 1.10 bits per heavy atom. The monoisotopic (exact) mass is 280 g/mol. The third-order valence-corrected chi connectivity index (χ3v) is 5.51. The van der Waals surface area contributed by atoms with Gasteiger partial charge in [0.1, 0.15) is 0 Å². The number of hydrogen-bond acceptors (Lipinski definition) is 2. The average molecular weight is 280 g/mol. The summed E-state index contributed by atoms with van der Waals surface area (Å²) in [6.45, 7) is 15.7. The third-order valence-electron chi connectivity index (χ3n) is 5.51. The van der Waals surface area contributed by atoms with E-state index < -0.39 is 0 Å². The maximum atomic E-state index is 3.78. The smallest absolute Gasteiger partial charge is 0.0112 e. The fourth-order valence-electron chi connectivity index (χ4n) is 4.11. The number of rotatable bonds is 7. The van der Waals surface area contributed by atoms with Crippen molar-refractivity contribution in [2.24, 2.45) is 23.7 Å². The summed E-state index contributed by atoms with van der Waals surface area (Å²) in [5.74, 6) is 3.60. The largest absolute Gasteiger partial charge is 0.314 e. The van der Waals surface area contributed by atoms with Crippen molar-refractivity contribution in [3.8, 4) is 0 Å². The van der Waals surface area contributed by atoms with Gasteiger partial charge >= 0.3 is 0 Å². The second-order valence-electron chi connectivity index (χ2n) is 7.87. The molecule has 0 aromatic rings. The summed E-state index contributed by atoms with van der Waals surface area (Å²) in [5, 5.41) is 3.78. The molecule has 0 heterocycles. The van der Waals surface area contributed by atoms with Crippen LogP contribution in [0.4, 0.5) is 0 Å². The van der Waals surface area contributed by atoms with E-state index in [1.807, 2.05) is 0 Å². The molecule has 2 heteroatoms. The zero-order valence-corrected chi connectivity index (χ0v) is 14.4. The molecule has 2 fully saturated rings. The SMILES string of the molecule is CCNC1CC(C)CC(C)C1CN(CC1CC1)C(C)C. The molecule has 2 aliphatic rings. The fourth-order valence-corrected chi connectivity index (χ4v) is 4.11. The molecule has 0 radical (unpaired) electrons. The van der Waals surface area contributed by atoms with Gasteiger partial charge in [-0.15, -0.1) is 0 Å². The lowest BCUT2D eigenvalue weighted by Crippen LogP contribution is -2.50. The summed E-state index contributed by atoms with van der Waals surface area (Å²) in [6.07, 6.45) is 5.73. The van der Waals surface area contributed by atoms with Gasteiger partial charge in [0.2, 0.25) is 0 Å². The zero-order chi connectivity index (χ0) is 14.7. The van der Waals surface area contributed by atoms with Crippen LogP contribution >= 0.6 is 0 Å². The van der Waals surface area contributed by atoms with Crippen LogP contribution in [0, 0.1) is 23.7 Å². The fraction of sp³-hybridized carbons (Fsp3) is 1.00. The highest BCUT2D eigenvalue weighted by atomic mass is 15.2. The Labute approximate surface area is 126 Å². The van der Waals surface area contributed by atoms with Crippen molar-refractivity contribution in [3.05, 3.63) is 0 Å². The molecule has 118 valence electrons. The van der Waals surface area contributed by atoms with Crippen molar-refractivity contribution in [2.45, 2.75) is 72.4 Å². The van der Waals surface area contributed by atoms with Crippen LogP contribution in [0.3, 0.4) is 0 Å². The van der Waals surface area contributed by atoms with Crippen molar-refractivity contribution in [2.75, 3.05) is 19.6 Å². The van der Waals surface area contributed by atoms with E-state index in [0.717, 1.165) is 36.3 Å². The van der Waals surface area contributed by atoms with Gasteiger partial charge in [0.15, 0.2) is 0 Å². The van der Waals surface area contributed by atoms with Crippen LogP contribution < -0.4 is 5.32 Å². The quantitative estimate of drug-likeness (QED) is 0.764. The maximum absolute atomic E-state index is 3.78. The van der Waals surface area contributed by atoms with Crippen LogP contribution in [0.2, 0.25) is 0 Å². The van der Waals surface area contributed by atoms with E-state index in [0.29, 0.717) is 6.04 Å². The van der Waals surface area contributed by atoms with Gasteiger partial charge in [-0.2, -0.15) is 0 Å². The minimum atomic E-state index is 0.699. The molecule has 2 aliphatic carbocycles. The van der Waals surface area contributed by atoms with Crippen molar-refractivity contribution in [1.29, 1.82) is 0 Å². The molecule has 4 atom stereocenters. The second-order valence-corrected chi connectivity index (χ2v) is 7.87. The second kappa shape index (κ2) is 7.26. The Balaban J connectivity index is 1.97. The zero-order valence-electron chi connectivity index (χ0n) is 14.4. The summed E-state index contributed by atoms with van der Waals surface area (Å²) in [7, 11) is 0. The lowest BCUT2D eigenvalue weighted by molar-refractivity contribution is 0.0849. The first-order valence-corrected chi connectivity index (χ1v) is 8.98. The molecule has 2 saturated carbocycles. The topological polar surface area (TPSA) is 15.3 Å². The predicted octanol–water partition coefficient (Wildman–Crippen LogP) is 3.77. The molecule has 4 unspecified atom stereocenters. The van der Waals surface area contributed by atoms with Gasteiger partial charge < -0.3 is 10.2 Å². The molecular formula is C18H36N2. The van der Waals surface area contributed by atoms with Gasteiger partial charge in [-0.05, 0) is 69.7 Å². The molecular weight excluding hydrogens is 244 g/mol. The lowest BCUT2D eigenvalue weighted by atomic mass is 9.72. The molecule has 0 aromatic heterocycles. The minimum Gasteiger partial charge on any atom is -0.314 e. The average Bonchev–Trinajstić information content (AvgIpc) is 3.16. The number of hydrogen-bond donors (Lipinski definition) is 1. The van der Waals surface area contributed by atoms with Crippen LogP contribution in [-0.2, 0) is 0 Å². The Bertz CT molecular complexity index is 285. The highest BCUT2D eigenvalue weighted by molar-refractivity contribution is 4.90. The highest BCUT2D eigenvalue weighted by Crippen LogP contribution is 2.36. The predicted molar refractivity (Wildman–Crippen MR) is 87.9 cm³/mol. The molecule has 0 spiro atoms. The van der Waals surface area contributed by atoms with Crippen LogP contribution in [0.1, 0.15) is 60.3 Å². The van der Waals surface area contributed by atoms with Gasteiger partial charge in [0, 0.05) is 25.2 Å². The molecule has 20 heavy (non-hydrogen) atoms. The molecule has 1 N–H and O–H groups in total. The molecule has 0 saturated heterocycles. The maximum Gasteiger partial charge on any atom is 0.0112 e. The Morgan fingerprint density at radius 2 is 1.80 bits per heavy atom. The van der Waals surface area contributed by atoms with Gasteiger partial charge in [0.25, 0.3) is 0 Å². The minimum absolute atomic E-state index is 0.699. The van der Waals surface area contributed by atoms with E-state index in [9.17, 15) is 0 Å². The van der Waals surface area contributed by atoms with E-state index >= 15 is 0 Å². The summed E-state index contributed by atoms with van der Waals surface area (Å²) >= 11 is 0. The van der Waals surface area contributed by atoms with Crippen LogP contribution in [-0.4, -0.2) is 36.6 Å². The van der Waals surface area contributed by atoms with E-state index in [1.54, 1.807) is 0 Å². The third kappa shape index (κ3) is 4.46. The first-order valence-electron chi connectivity index (χ1n) is 8.98. The van der Waals surface area contributed by atoms with Gasteiger partial charge in [-0.1, -0.05) is 20.8 Å². The molecule has 0 aromatic carbocycles. The van der Waals surface area contributed by atoms with Crippen molar-refractivity contribution in [1.82, 2.24) is 10.2 Å². The Kier molecular flexibility index (Phi) is 5.92. The Hall–Kier alpha value is -0.0800. The number of nitrogens with zero attached hydrogens (tertiary/aromatic N) is 1. The van der Waals surface area contributed by atoms with Crippen molar-refractivity contribution >= 4 is 0 Å². The van der Waals surface area contributed by atoms with Gasteiger partial charge in [-0.3, -0.25) is 0 Å². The van der Waals surface area contributed by atoms with Crippen LogP contribution in [0.25, 0.3) is 0 Å². The van der Waals surface area contributed by atoms with E-state index in [4.69, 9.17) is 0 Å². The molecule has 0 bridgehead atoms. The molecule has 0 aliphatic heterocycles.